The predicted octanol–water partition coefficient (Wildman–Crippen LogP) is 2.87. The highest BCUT2D eigenvalue weighted by Crippen LogP contribution is 2.27. The fourth-order valence-electron chi connectivity index (χ4n) is 2.96. The van der Waals surface area contributed by atoms with Gasteiger partial charge in [0.2, 0.25) is 5.91 Å². The Morgan fingerprint density at radius 2 is 2.04 bits per heavy atom. The second-order valence-electron chi connectivity index (χ2n) is 6.44. The van der Waals surface area contributed by atoms with Crippen LogP contribution in [0.4, 0.5) is 0 Å². The number of carbonyl (C=O) groups excluding carboxylic acids is 1. The molecule has 0 saturated carbocycles. The van der Waals surface area contributed by atoms with E-state index in [1.54, 1.807) is 6.33 Å². The molecular formula is C18H24ClN5OS. The van der Waals surface area contributed by atoms with Crippen LogP contribution in [0.2, 0.25) is 5.02 Å². The van der Waals surface area contributed by atoms with Crippen molar-refractivity contribution in [1.29, 1.82) is 0 Å². The monoisotopic (exact) mass is 393 g/mol. The molecule has 0 unspecified atom stereocenters. The fraction of sp³-hybridized carbons (Fsp3) is 0.500. The minimum absolute atomic E-state index is 0.155. The van der Waals surface area contributed by atoms with Gasteiger partial charge in [0.1, 0.15) is 6.33 Å². The van der Waals surface area contributed by atoms with Crippen molar-refractivity contribution in [3.05, 3.63) is 35.1 Å². The van der Waals surface area contributed by atoms with Crippen LogP contribution < -0.4 is 0 Å². The van der Waals surface area contributed by atoms with Crippen molar-refractivity contribution >= 4 is 29.3 Å². The van der Waals surface area contributed by atoms with Crippen LogP contribution in [-0.4, -0.2) is 68.4 Å². The van der Waals surface area contributed by atoms with E-state index in [1.165, 1.54) is 11.8 Å². The van der Waals surface area contributed by atoms with Crippen LogP contribution in [0.15, 0.2) is 29.7 Å². The first-order chi connectivity index (χ1) is 12.5. The van der Waals surface area contributed by atoms with E-state index in [9.17, 15) is 4.79 Å². The van der Waals surface area contributed by atoms with Crippen LogP contribution >= 0.6 is 23.4 Å². The highest BCUT2D eigenvalue weighted by molar-refractivity contribution is 8.00. The molecule has 3 rings (SSSR count). The maximum Gasteiger partial charge on any atom is 0.235 e. The second-order valence-corrected chi connectivity index (χ2v) is 8.15. The number of thioether (sulfide) groups is 1. The smallest absolute Gasteiger partial charge is 0.235 e. The maximum absolute atomic E-state index is 12.8. The number of benzene rings is 1. The summed E-state index contributed by atoms with van der Waals surface area (Å²) in [5, 5.41) is 9.38. The summed E-state index contributed by atoms with van der Waals surface area (Å²) in [6.07, 6.45) is 1.65. The van der Waals surface area contributed by atoms with Crippen molar-refractivity contribution in [3.63, 3.8) is 0 Å². The summed E-state index contributed by atoms with van der Waals surface area (Å²) in [4.78, 5) is 17.1. The molecular weight excluding hydrogens is 370 g/mol. The molecule has 0 aliphatic carbocycles. The van der Waals surface area contributed by atoms with Crippen molar-refractivity contribution in [2.24, 2.45) is 0 Å². The van der Waals surface area contributed by atoms with Crippen LogP contribution in [0, 0.1) is 6.92 Å². The number of aryl methyl sites for hydroxylation is 1. The van der Waals surface area contributed by atoms with Crippen molar-refractivity contribution in [1.82, 2.24) is 24.6 Å². The van der Waals surface area contributed by atoms with Crippen LogP contribution in [0.3, 0.4) is 0 Å². The highest BCUT2D eigenvalue weighted by Gasteiger charge is 2.26. The lowest BCUT2D eigenvalue weighted by Gasteiger charge is -2.35. The Bertz CT molecular complexity index is 773. The van der Waals surface area contributed by atoms with Crippen LogP contribution in [-0.2, 0) is 4.79 Å². The summed E-state index contributed by atoms with van der Waals surface area (Å²) in [6, 6.07) is 5.83. The summed E-state index contributed by atoms with van der Waals surface area (Å²) in [7, 11) is 0. The topological polar surface area (TPSA) is 54.3 Å². The molecule has 1 amide bonds. The number of carbonyl (C=O) groups is 1. The standard InChI is InChI=1S/C18H24ClN5OS/c1-4-22-7-9-23(10-8-22)17(25)14(3)26-18-21-20-12-24(18)15-6-5-13(2)16(19)11-15/h5-6,11-12,14H,4,7-10H2,1-3H3/t14-/m1/s1. The molecule has 0 radical (unpaired) electrons. The quantitative estimate of drug-likeness (QED) is 0.731. The lowest BCUT2D eigenvalue weighted by atomic mass is 10.2. The van der Waals surface area contributed by atoms with Crippen molar-refractivity contribution in [2.75, 3.05) is 32.7 Å². The highest BCUT2D eigenvalue weighted by atomic mass is 35.5. The van der Waals surface area contributed by atoms with Gasteiger partial charge in [0.15, 0.2) is 5.16 Å². The molecule has 0 spiro atoms. The number of nitrogens with zero attached hydrogens (tertiary/aromatic N) is 5. The molecule has 1 aromatic carbocycles. The third-order valence-electron chi connectivity index (χ3n) is 4.71. The average Bonchev–Trinajstić information content (AvgIpc) is 3.11. The largest absolute Gasteiger partial charge is 0.339 e. The molecule has 0 N–H and O–H groups in total. The molecule has 1 aliphatic rings. The van der Waals surface area contributed by atoms with E-state index in [1.807, 2.05) is 41.5 Å². The predicted molar refractivity (Wildman–Crippen MR) is 105 cm³/mol. The second kappa shape index (κ2) is 8.41. The minimum Gasteiger partial charge on any atom is -0.339 e. The first-order valence-electron chi connectivity index (χ1n) is 8.84. The zero-order valence-electron chi connectivity index (χ0n) is 15.4. The lowest BCUT2D eigenvalue weighted by molar-refractivity contribution is -0.132. The number of piperazine rings is 1. The van der Waals surface area contributed by atoms with E-state index in [0.717, 1.165) is 44.0 Å². The third-order valence-corrected chi connectivity index (χ3v) is 6.16. The number of aromatic nitrogens is 3. The molecule has 26 heavy (non-hydrogen) atoms. The van der Waals surface area contributed by atoms with E-state index >= 15 is 0 Å². The van der Waals surface area contributed by atoms with Gasteiger partial charge in [-0.05, 0) is 38.1 Å². The summed E-state index contributed by atoms with van der Waals surface area (Å²) in [5.74, 6) is 0.155. The summed E-state index contributed by atoms with van der Waals surface area (Å²) in [5.41, 5.74) is 1.91. The Morgan fingerprint density at radius 3 is 2.69 bits per heavy atom. The first kappa shape index (κ1) is 19.2. The Labute approximate surface area is 163 Å². The molecule has 1 atom stereocenters. The Balaban J connectivity index is 1.68. The Hall–Kier alpha value is -1.57. The SMILES string of the molecule is CCN1CCN(C(=O)[C@@H](C)Sc2nncn2-c2ccc(C)c(Cl)c2)CC1. The number of hydrogen-bond acceptors (Lipinski definition) is 5. The van der Waals surface area contributed by atoms with Crippen molar-refractivity contribution in [2.45, 2.75) is 31.2 Å². The number of halogens is 1. The van der Waals surface area contributed by atoms with E-state index in [2.05, 4.69) is 22.0 Å². The number of likely N-dealkylation sites (N-methyl/N-ethyl adjacent to an activating group) is 1. The molecule has 0 bridgehead atoms. The van der Waals surface area contributed by atoms with Gasteiger partial charge in [-0.1, -0.05) is 36.4 Å². The molecule has 2 aromatic rings. The normalized spacial score (nSPS) is 16.7. The van der Waals surface area contributed by atoms with Gasteiger partial charge in [0, 0.05) is 31.2 Å². The van der Waals surface area contributed by atoms with E-state index < -0.39 is 0 Å². The third kappa shape index (κ3) is 4.22. The summed E-state index contributed by atoms with van der Waals surface area (Å²) < 4.78 is 1.87. The Kier molecular flexibility index (Phi) is 6.21. The van der Waals surface area contributed by atoms with Crippen LogP contribution in [0.5, 0.6) is 0 Å². The molecule has 8 heteroatoms. The zero-order valence-corrected chi connectivity index (χ0v) is 16.9. The first-order valence-corrected chi connectivity index (χ1v) is 10.1. The molecule has 1 fully saturated rings. The molecule has 1 aromatic heterocycles. The van der Waals surface area contributed by atoms with E-state index in [0.29, 0.717) is 10.2 Å². The molecule has 6 nitrogen and oxygen atoms in total. The van der Waals surface area contributed by atoms with Gasteiger partial charge < -0.3 is 9.80 Å². The van der Waals surface area contributed by atoms with Crippen molar-refractivity contribution < 1.29 is 4.79 Å². The number of rotatable bonds is 5. The van der Waals surface area contributed by atoms with Crippen molar-refractivity contribution in [3.8, 4) is 5.69 Å². The average molecular weight is 394 g/mol. The number of amides is 1. The fourth-order valence-corrected chi connectivity index (χ4v) is 4.06. The van der Waals surface area contributed by atoms with Crippen LogP contribution in [0.25, 0.3) is 5.69 Å². The van der Waals surface area contributed by atoms with Crippen LogP contribution in [0.1, 0.15) is 19.4 Å². The Morgan fingerprint density at radius 1 is 1.31 bits per heavy atom. The van der Waals surface area contributed by atoms with Gasteiger partial charge in [-0.3, -0.25) is 9.36 Å². The van der Waals surface area contributed by atoms with Gasteiger partial charge in [-0.2, -0.15) is 0 Å². The number of hydrogen-bond donors (Lipinski definition) is 0. The zero-order chi connectivity index (χ0) is 18.7. The summed E-state index contributed by atoms with van der Waals surface area (Å²) >= 11 is 7.67. The van der Waals surface area contributed by atoms with Gasteiger partial charge in [0.25, 0.3) is 0 Å². The van der Waals surface area contributed by atoms with Gasteiger partial charge in [-0.15, -0.1) is 10.2 Å². The molecule has 2 heterocycles. The van der Waals surface area contributed by atoms with Gasteiger partial charge >= 0.3 is 0 Å². The van der Waals surface area contributed by atoms with E-state index in [4.69, 9.17) is 11.6 Å². The molecule has 1 aliphatic heterocycles. The minimum atomic E-state index is -0.216. The van der Waals surface area contributed by atoms with E-state index in [-0.39, 0.29) is 11.2 Å². The van der Waals surface area contributed by atoms with Gasteiger partial charge in [-0.25, -0.2) is 0 Å². The summed E-state index contributed by atoms with van der Waals surface area (Å²) in [6.45, 7) is 10.5. The van der Waals surface area contributed by atoms with Gasteiger partial charge in [0.05, 0.1) is 10.9 Å². The molecule has 140 valence electrons. The molecule has 1 saturated heterocycles. The maximum atomic E-state index is 12.8. The lowest BCUT2D eigenvalue weighted by Crippen LogP contribution is -2.50.